The van der Waals surface area contributed by atoms with E-state index >= 15 is 0 Å². The third-order valence-electron chi connectivity index (χ3n) is 1.90. The first-order valence-corrected chi connectivity index (χ1v) is 6.02. The first-order chi connectivity index (χ1) is 7.15. The molecule has 0 bridgehead atoms. The van der Waals surface area contributed by atoms with Crippen LogP contribution < -0.4 is 0 Å². The van der Waals surface area contributed by atoms with E-state index in [9.17, 15) is 0 Å². The Bertz CT molecular complexity index is 219. The topological polar surface area (TPSA) is 12.4 Å². The van der Waals surface area contributed by atoms with Crippen molar-refractivity contribution >= 4 is 5.71 Å². The molecule has 0 amide bonds. The molecule has 0 aromatic rings. The van der Waals surface area contributed by atoms with Crippen molar-refractivity contribution in [3.05, 3.63) is 23.9 Å². The van der Waals surface area contributed by atoms with Crippen molar-refractivity contribution < 1.29 is 0 Å². The van der Waals surface area contributed by atoms with Gasteiger partial charge in [0.15, 0.2) is 0 Å². The van der Waals surface area contributed by atoms with Gasteiger partial charge in [-0.05, 0) is 32.3 Å². The fourth-order valence-electron chi connectivity index (χ4n) is 1.04. The number of nitrogens with zero attached hydrogens (tertiary/aromatic N) is 1. The summed E-state index contributed by atoms with van der Waals surface area (Å²) in [6.45, 7) is 14.5. The highest BCUT2D eigenvalue weighted by Gasteiger charge is 2.00. The fraction of sp³-hybridized carbons (Fsp3) is 0.643. The fourth-order valence-corrected chi connectivity index (χ4v) is 1.04. The lowest BCUT2D eigenvalue weighted by Gasteiger charge is -2.06. The van der Waals surface area contributed by atoms with Crippen LogP contribution >= 0.6 is 0 Å². The molecule has 0 aliphatic carbocycles. The molecule has 15 heavy (non-hydrogen) atoms. The summed E-state index contributed by atoms with van der Waals surface area (Å²) in [7, 11) is 0. The smallest absolute Gasteiger partial charge is 0.0428 e. The zero-order valence-corrected chi connectivity index (χ0v) is 11.5. The molecule has 1 heteroatoms. The van der Waals surface area contributed by atoms with Crippen molar-refractivity contribution in [2.75, 3.05) is 0 Å². The van der Waals surface area contributed by atoms with Gasteiger partial charge in [-0.15, -0.1) is 0 Å². The summed E-state index contributed by atoms with van der Waals surface area (Å²) in [6, 6.07) is 0. The monoisotopic (exact) mass is 209 g/mol. The van der Waals surface area contributed by atoms with Crippen LogP contribution in [0.1, 0.15) is 54.9 Å². The molecule has 0 unspecified atom stereocenters. The molecule has 0 rings (SSSR count). The number of allylic oxidation sites excluding steroid dienone is 4. The summed E-state index contributed by atoms with van der Waals surface area (Å²) in [4.78, 5) is 4.59. The summed E-state index contributed by atoms with van der Waals surface area (Å²) < 4.78 is 0. The van der Waals surface area contributed by atoms with Crippen LogP contribution in [0.25, 0.3) is 0 Å². The highest BCUT2D eigenvalue weighted by atomic mass is 14.8. The first kappa shape index (κ1) is 16.6. The van der Waals surface area contributed by atoms with E-state index in [0.29, 0.717) is 5.92 Å². The van der Waals surface area contributed by atoms with Gasteiger partial charge in [0.2, 0.25) is 0 Å². The third kappa shape index (κ3) is 8.17. The first-order valence-electron chi connectivity index (χ1n) is 6.02. The maximum Gasteiger partial charge on any atom is 0.0428 e. The minimum absolute atomic E-state index is 0.498. The lowest BCUT2D eigenvalue weighted by atomic mass is 10.1. The Hall–Kier alpha value is -0.850. The van der Waals surface area contributed by atoms with Crippen LogP contribution in [0.15, 0.2) is 28.9 Å². The van der Waals surface area contributed by atoms with Gasteiger partial charge in [0.25, 0.3) is 0 Å². The van der Waals surface area contributed by atoms with E-state index in [1.165, 1.54) is 5.70 Å². The lowest BCUT2D eigenvalue weighted by molar-refractivity contribution is 0.880. The van der Waals surface area contributed by atoms with Crippen LogP contribution in [-0.2, 0) is 0 Å². The van der Waals surface area contributed by atoms with E-state index < -0.39 is 0 Å². The Morgan fingerprint density at radius 1 is 1.20 bits per heavy atom. The second-order valence-electron chi connectivity index (χ2n) is 3.32. The largest absolute Gasteiger partial charge is 0.258 e. The quantitative estimate of drug-likeness (QED) is 0.578. The predicted octanol–water partition coefficient (Wildman–Crippen LogP) is 5.00. The molecule has 0 aliphatic rings. The van der Waals surface area contributed by atoms with Crippen molar-refractivity contribution in [1.82, 2.24) is 0 Å². The maximum atomic E-state index is 4.59. The van der Waals surface area contributed by atoms with Gasteiger partial charge in [0, 0.05) is 11.4 Å². The molecule has 1 nitrogen and oxygen atoms in total. The second kappa shape index (κ2) is 11.2. The highest BCUT2D eigenvalue weighted by Crippen LogP contribution is 2.07. The molecule has 0 N–H and O–H groups in total. The summed E-state index contributed by atoms with van der Waals surface area (Å²) in [5.74, 6) is 0.498. The van der Waals surface area contributed by atoms with Crippen molar-refractivity contribution in [2.24, 2.45) is 10.9 Å². The summed E-state index contributed by atoms with van der Waals surface area (Å²) >= 11 is 0. The van der Waals surface area contributed by atoms with Crippen LogP contribution in [0.5, 0.6) is 0 Å². The molecule has 0 atom stereocenters. The molecule has 88 valence electrons. The zero-order chi connectivity index (χ0) is 12.3. The Morgan fingerprint density at radius 2 is 1.73 bits per heavy atom. The molecule has 0 spiro atoms. The van der Waals surface area contributed by atoms with Crippen molar-refractivity contribution in [3.63, 3.8) is 0 Å². The molecule has 0 radical (unpaired) electrons. The zero-order valence-electron chi connectivity index (χ0n) is 11.5. The number of hydrogen-bond acceptors (Lipinski definition) is 1. The van der Waals surface area contributed by atoms with E-state index in [4.69, 9.17) is 0 Å². The molecule has 0 saturated heterocycles. The van der Waals surface area contributed by atoms with Crippen LogP contribution in [0.3, 0.4) is 0 Å². The number of aliphatic imine (C=N–C) groups is 1. The number of rotatable bonds is 4. The summed E-state index contributed by atoms with van der Waals surface area (Å²) in [6.07, 6.45) is 7.21. The summed E-state index contributed by atoms with van der Waals surface area (Å²) in [5.41, 5.74) is 2.33. The van der Waals surface area contributed by atoms with Crippen LogP contribution in [0.4, 0.5) is 0 Å². The average Bonchev–Trinajstić information content (AvgIpc) is 2.26. The normalized spacial score (nSPS) is 13.1. The SMILES string of the molecule is CC.C\C=C/C(=N/C(=C\C)CC)C(C)C. The van der Waals surface area contributed by atoms with Gasteiger partial charge in [-0.2, -0.15) is 0 Å². The van der Waals surface area contributed by atoms with Crippen molar-refractivity contribution in [2.45, 2.75) is 54.9 Å². The number of hydrogen-bond donors (Lipinski definition) is 0. The molecule has 0 fully saturated rings. The highest BCUT2D eigenvalue weighted by molar-refractivity contribution is 5.96. The van der Waals surface area contributed by atoms with Crippen LogP contribution in [-0.4, -0.2) is 5.71 Å². The van der Waals surface area contributed by atoms with Gasteiger partial charge >= 0.3 is 0 Å². The molecule has 0 aromatic heterocycles. The second-order valence-corrected chi connectivity index (χ2v) is 3.32. The minimum atomic E-state index is 0.498. The van der Waals surface area contributed by atoms with E-state index in [2.05, 4.69) is 37.9 Å². The Morgan fingerprint density at radius 3 is 2.00 bits per heavy atom. The Labute approximate surface area is 96.0 Å². The van der Waals surface area contributed by atoms with Gasteiger partial charge in [0.05, 0.1) is 0 Å². The molecular formula is C14H27N. The van der Waals surface area contributed by atoms with E-state index in [1.54, 1.807) is 0 Å². The van der Waals surface area contributed by atoms with Crippen molar-refractivity contribution in [1.29, 1.82) is 0 Å². The maximum absolute atomic E-state index is 4.59. The van der Waals surface area contributed by atoms with Crippen molar-refractivity contribution in [3.8, 4) is 0 Å². The van der Waals surface area contributed by atoms with Gasteiger partial charge in [-0.25, -0.2) is 0 Å². The molecular weight excluding hydrogens is 182 g/mol. The molecule has 0 heterocycles. The van der Waals surface area contributed by atoms with Crippen LogP contribution in [0.2, 0.25) is 0 Å². The van der Waals surface area contributed by atoms with Gasteiger partial charge in [-0.3, -0.25) is 4.99 Å². The Balaban J connectivity index is 0. The summed E-state index contributed by atoms with van der Waals surface area (Å²) in [5, 5.41) is 0. The standard InChI is InChI=1S/C12H21N.C2H6/c1-6-9-12(10(4)5)13-11(7-2)8-3;1-2/h6-7,9-10H,8H2,1-5H3;1-2H3/b9-6-,11-7-,13-12-;. The van der Waals surface area contributed by atoms with Gasteiger partial charge < -0.3 is 0 Å². The molecule has 0 aliphatic heterocycles. The molecule has 0 saturated carbocycles. The van der Waals surface area contributed by atoms with E-state index in [-0.39, 0.29) is 0 Å². The van der Waals surface area contributed by atoms with Gasteiger partial charge in [-0.1, -0.05) is 46.8 Å². The Kier molecular flexibility index (Phi) is 12.4. The van der Waals surface area contributed by atoms with E-state index in [1.807, 2.05) is 33.8 Å². The van der Waals surface area contributed by atoms with Gasteiger partial charge in [0.1, 0.15) is 0 Å². The molecule has 0 aromatic carbocycles. The average molecular weight is 209 g/mol. The minimum Gasteiger partial charge on any atom is -0.258 e. The lowest BCUT2D eigenvalue weighted by Crippen LogP contribution is -2.04. The van der Waals surface area contributed by atoms with Crippen LogP contribution in [0, 0.1) is 5.92 Å². The third-order valence-corrected chi connectivity index (χ3v) is 1.90. The van der Waals surface area contributed by atoms with E-state index in [0.717, 1.165) is 12.1 Å². The predicted molar refractivity (Wildman–Crippen MR) is 72.5 cm³/mol.